The summed E-state index contributed by atoms with van der Waals surface area (Å²) in [6, 6.07) is 2.21. The Labute approximate surface area is 95.8 Å². The molecule has 0 fully saturated rings. The van der Waals surface area contributed by atoms with Crippen molar-refractivity contribution < 1.29 is 13.5 Å². The lowest BCUT2D eigenvalue weighted by Gasteiger charge is -2.12. The molecule has 0 aliphatic heterocycles. The van der Waals surface area contributed by atoms with Crippen LogP contribution >= 0.6 is 15.9 Å². The number of hydrogen-bond donors (Lipinski definition) is 1. The SMILES string of the molecule is COC(C)CNc1cc(Br)c(F)cc1F. The third kappa shape index (κ3) is 3.43. The summed E-state index contributed by atoms with van der Waals surface area (Å²) < 4.78 is 31.3. The van der Waals surface area contributed by atoms with E-state index < -0.39 is 11.6 Å². The van der Waals surface area contributed by atoms with Crippen molar-refractivity contribution in [2.24, 2.45) is 0 Å². The maximum Gasteiger partial charge on any atom is 0.149 e. The normalized spacial score (nSPS) is 12.6. The van der Waals surface area contributed by atoms with Gasteiger partial charge in [-0.15, -0.1) is 0 Å². The van der Waals surface area contributed by atoms with Gasteiger partial charge in [0.05, 0.1) is 16.3 Å². The van der Waals surface area contributed by atoms with Crippen LogP contribution in [0.3, 0.4) is 0 Å². The average molecular weight is 280 g/mol. The second-order valence-electron chi connectivity index (χ2n) is 3.17. The van der Waals surface area contributed by atoms with Crippen molar-refractivity contribution >= 4 is 21.6 Å². The quantitative estimate of drug-likeness (QED) is 0.855. The van der Waals surface area contributed by atoms with Crippen LogP contribution in [-0.2, 0) is 4.74 Å². The minimum absolute atomic E-state index is 0.0340. The molecular formula is C10H12BrF2NO. The Bertz CT molecular complexity index is 346. The van der Waals surface area contributed by atoms with E-state index in [2.05, 4.69) is 21.2 Å². The number of benzene rings is 1. The summed E-state index contributed by atoms with van der Waals surface area (Å²) in [6.07, 6.45) is -0.0340. The lowest BCUT2D eigenvalue weighted by atomic mass is 10.3. The first-order valence-electron chi connectivity index (χ1n) is 4.45. The Morgan fingerprint density at radius 2 is 2.07 bits per heavy atom. The van der Waals surface area contributed by atoms with Gasteiger partial charge in [0.1, 0.15) is 11.6 Å². The van der Waals surface area contributed by atoms with Crippen LogP contribution in [-0.4, -0.2) is 19.8 Å². The van der Waals surface area contributed by atoms with E-state index in [-0.39, 0.29) is 16.3 Å². The van der Waals surface area contributed by atoms with Gasteiger partial charge in [0, 0.05) is 19.7 Å². The highest BCUT2D eigenvalue weighted by Gasteiger charge is 2.08. The molecule has 0 saturated carbocycles. The van der Waals surface area contributed by atoms with Crippen LogP contribution in [0.15, 0.2) is 16.6 Å². The predicted octanol–water partition coefficient (Wildman–Crippen LogP) is 3.17. The van der Waals surface area contributed by atoms with Gasteiger partial charge >= 0.3 is 0 Å². The van der Waals surface area contributed by atoms with Crippen molar-refractivity contribution in [1.82, 2.24) is 0 Å². The smallest absolute Gasteiger partial charge is 0.149 e. The van der Waals surface area contributed by atoms with Gasteiger partial charge in [0.15, 0.2) is 0 Å². The number of halogens is 3. The van der Waals surface area contributed by atoms with Crippen LogP contribution in [0.4, 0.5) is 14.5 Å². The number of methoxy groups -OCH3 is 1. The molecule has 1 N–H and O–H groups in total. The zero-order chi connectivity index (χ0) is 11.4. The largest absolute Gasteiger partial charge is 0.380 e. The number of nitrogens with one attached hydrogen (secondary N) is 1. The molecular weight excluding hydrogens is 268 g/mol. The molecule has 0 aromatic heterocycles. The second kappa shape index (κ2) is 5.42. The van der Waals surface area contributed by atoms with E-state index in [1.165, 1.54) is 6.07 Å². The highest BCUT2D eigenvalue weighted by Crippen LogP contribution is 2.23. The molecule has 1 atom stereocenters. The van der Waals surface area contributed by atoms with Crippen molar-refractivity contribution in [2.45, 2.75) is 13.0 Å². The molecule has 0 saturated heterocycles. The van der Waals surface area contributed by atoms with Crippen molar-refractivity contribution in [2.75, 3.05) is 19.0 Å². The fourth-order valence-corrected chi connectivity index (χ4v) is 1.34. The molecule has 0 aliphatic rings. The Hall–Kier alpha value is -0.680. The number of rotatable bonds is 4. The monoisotopic (exact) mass is 279 g/mol. The van der Waals surface area contributed by atoms with Crippen molar-refractivity contribution in [3.8, 4) is 0 Å². The summed E-state index contributed by atoms with van der Waals surface area (Å²) in [5.74, 6) is -1.23. The Morgan fingerprint density at radius 1 is 1.40 bits per heavy atom. The molecule has 0 bridgehead atoms. The molecule has 5 heteroatoms. The fourth-order valence-electron chi connectivity index (χ4n) is 0.995. The van der Waals surface area contributed by atoms with Gasteiger partial charge in [-0.3, -0.25) is 0 Å². The van der Waals surface area contributed by atoms with Crippen LogP contribution in [0.5, 0.6) is 0 Å². The summed E-state index contributed by atoms with van der Waals surface area (Å²) in [5, 5.41) is 2.84. The third-order valence-electron chi connectivity index (χ3n) is 1.99. The minimum atomic E-state index is -0.613. The minimum Gasteiger partial charge on any atom is -0.380 e. The summed E-state index contributed by atoms with van der Waals surface area (Å²) in [4.78, 5) is 0. The predicted molar refractivity (Wildman–Crippen MR) is 59.0 cm³/mol. The van der Waals surface area contributed by atoms with Crippen LogP contribution in [0.2, 0.25) is 0 Å². The van der Waals surface area contributed by atoms with E-state index in [1.807, 2.05) is 6.92 Å². The van der Waals surface area contributed by atoms with Crippen LogP contribution in [0.25, 0.3) is 0 Å². The Kier molecular flexibility index (Phi) is 4.47. The van der Waals surface area contributed by atoms with E-state index in [0.29, 0.717) is 6.54 Å². The molecule has 0 aliphatic carbocycles. The molecule has 1 rings (SSSR count). The van der Waals surface area contributed by atoms with Crippen molar-refractivity contribution in [1.29, 1.82) is 0 Å². The molecule has 1 unspecified atom stereocenters. The average Bonchev–Trinajstić information content (AvgIpc) is 2.21. The first-order chi connectivity index (χ1) is 7.04. The number of anilines is 1. The zero-order valence-corrected chi connectivity index (χ0v) is 10.1. The molecule has 0 amide bonds. The third-order valence-corrected chi connectivity index (χ3v) is 2.60. The zero-order valence-electron chi connectivity index (χ0n) is 8.48. The van der Waals surface area contributed by atoms with Gasteiger partial charge in [-0.05, 0) is 28.9 Å². The Morgan fingerprint density at radius 3 is 2.67 bits per heavy atom. The van der Waals surface area contributed by atoms with Gasteiger partial charge in [0.2, 0.25) is 0 Å². The van der Waals surface area contributed by atoms with E-state index in [1.54, 1.807) is 7.11 Å². The summed E-state index contributed by atoms with van der Waals surface area (Å²) in [5.41, 5.74) is 0.257. The van der Waals surface area contributed by atoms with Gasteiger partial charge in [-0.1, -0.05) is 0 Å². The van der Waals surface area contributed by atoms with Crippen molar-refractivity contribution in [3.63, 3.8) is 0 Å². The fraction of sp³-hybridized carbons (Fsp3) is 0.400. The molecule has 0 radical (unpaired) electrons. The maximum atomic E-state index is 13.2. The molecule has 1 aromatic rings. The molecule has 1 aromatic carbocycles. The first-order valence-corrected chi connectivity index (χ1v) is 5.25. The van der Waals surface area contributed by atoms with Gasteiger partial charge in [-0.25, -0.2) is 8.78 Å². The van der Waals surface area contributed by atoms with Crippen molar-refractivity contribution in [3.05, 3.63) is 28.2 Å². The van der Waals surface area contributed by atoms with E-state index in [9.17, 15) is 8.78 Å². The highest BCUT2D eigenvalue weighted by atomic mass is 79.9. The van der Waals surface area contributed by atoms with Gasteiger partial charge < -0.3 is 10.1 Å². The molecule has 15 heavy (non-hydrogen) atoms. The maximum absolute atomic E-state index is 13.2. The van der Waals surface area contributed by atoms with E-state index >= 15 is 0 Å². The lowest BCUT2D eigenvalue weighted by Crippen LogP contribution is -2.18. The van der Waals surface area contributed by atoms with Crippen LogP contribution < -0.4 is 5.32 Å². The van der Waals surface area contributed by atoms with E-state index in [0.717, 1.165) is 6.07 Å². The summed E-state index contributed by atoms with van der Waals surface area (Å²) in [6.45, 7) is 2.31. The second-order valence-corrected chi connectivity index (χ2v) is 4.03. The lowest BCUT2D eigenvalue weighted by molar-refractivity contribution is 0.128. The van der Waals surface area contributed by atoms with Crippen LogP contribution in [0, 0.1) is 11.6 Å². The number of ether oxygens (including phenoxy) is 1. The number of hydrogen-bond acceptors (Lipinski definition) is 2. The Balaban J connectivity index is 2.73. The summed E-state index contributed by atoms with van der Waals surface area (Å²) >= 11 is 2.99. The standard InChI is InChI=1S/C10H12BrF2NO/c1-6(15-2)5-14-10-3-7(11)8(12)4-9(10)13/h3-4,6,14H,5H2,1-2H3. The first kappa shape index (κ1) is 12.4. The molecule has 2 nitrogen and oxygen atoms in total. The van der Waals surface area contributed by atoms with Gasteiger partial charge in [-0.2, -0.15) is 0 Å². The summed E-state index contributed by atoms with van der Waals surface area (Å²) in [7, 11) is 1.57. The highest BCUT2D eigenvalue weighted by molar-refractivity contribution is 9.10. The van der Waals surface area contributed by atoms with E-state index in [4.69, 9.17) is 4.74 Å². The molecule has 0 heterocycles. The van der Waals surface area contributed by atoms with Gasteiger partial charge in [0.25, 0.3) is 0 Å². The van der Waals surface area contributed by atoms with Crippen LogP contribution in [0.1, 0.15) is 6.92 Å². The topological polar surface area (TPSA) is 21.3 Å². The molecule has 0 spiro atoms. The molecule has 84 valence electrons.